The Morgan fingerprint density at radius 2 is 2.16 bits per heavy atom. The van der Waals surface area contributed by atoms with Gasteiger partial charge >= 0.3 is 0 Å². The molecule has 19 heavy (non-hydrogen) atoms. The van der Waals surface area contributed by atoms with Crippen LogP contribution in [0, 0.1) is 0 Å². The van der Waals surface area contributed by atoms with E-state index in [4.69, 9.17) is 5.11 Å². The quantitative estimate of drug-likeness (QED) is 0.848. The van der Waals surface area contributed by atoms with Crippen molar-refractivity contribution in [1.82, 2.24) is 4.31 Å². The molecule has 2 heterocycles. The summed E-state index contributed by atoms with van der Waals surface area (Å²) in [6.07, 6.45) is 0. The van der Waals surface area contributed by atoms with Crippen LogP contribution in [0.25, 0.3) is 0 Å². The van der Waals surface area contributed by atoms with Crippen molar-refractivity contribution in [3.8, 4) is 0 Å². The van der Waals surface area contributed by atoms with Crippen molar-refractivity contribution < 1.29 is 21.9 Å². The molecule has 1 atom stereocenters. The predicted octanol–water partition coefficient (Wildman–Crippen LogP) is 0.0480. The zero-order valence-corrected chi connectivity index (χ0v) is 12.8. The molecule has 1 unspecified atom stereocenters. The van der Waals surface area contributed by atoms with E-state index >= 15 is 0 Å². The molecule has 0 aromatic carbocycles. The van der Waals surface area contributed by atoms with E-state index in [0.29, 0.717) is 4.88 Å². The number of thiophene rings is 1. The zero-order valence-electron chi connectivity index (χ0n) is 10.3. The van der Waals surface area contributed by atoms with E-state index in [2.05, 4.69) is 0 Å². The number of nitrogens with zero attached hydrogens (tertiary/aromatic N) is 1. The molecule has 0 bridgehead atoms. The number of aliphatic hydroxyl groups is 1. The Morgan fingerprint density at radius 1 is 1.47 bits per heavy atom. The summed E-state index contributed by atoms with van der Waals surface area (Å²) < 4.78 is 49.1. The lowest BCUT2D eigenvalue weighted by Crippen LogP contribution is -2.49. The molecule has 1 aromatic heterocycles. The minimum atomic E-state index is -3.67. The Bertz CT molecular complexity index is 661. The van der Waals surface area contributed by atoms with E-state index in [-0.39, 0.29) is 28.9 Å². The first-order valence-corrected chi connectivity index (χ1v) is 9.76. The largest absolute Gasteiger partial charge is 0.391 e. The van der Waals surface area contributed by atoms with E-state index in [0.717, 1.165) is 11.3 Å². The van der Waals surface area contributed by atoms with Crippen LogP contribution in [-0.2, 0) is 26.5 Å². The van der Waals surface area contributed by atoms with Crippen molar-refractivity contribution in [2.45, 2.75) is 23.8 Å². The van der Waals surface area contributed by atoms with Gasteiger partial charge in [0, 0.05) is 17.5 Å². The average Bonchev–Trinajstić information content (AvgIpc) is 2.76. The fourth-order valence-corrected chi connectivity index (χ4v) is 6.78. The number of rotatable bonds is 3. The van der Waals surface area contributed by atoms with Crippen molar-refractivity contribution >= 4 is 31.2 Å². The first-order valence-electron chi connectivity index (χ1n) is 5.68. The summed E-state index contributed by atoms with van der Waals surface area (Å²) in [4.78, 5) is 0.566. The molecule has 1 aliphatic rings. The number of sulfone groups is 1. The molecule has 0 saturated carbocycles. The van der Waals surface area contributed by atoms with Gasteiger partial charge in [-0.3, -0.25) is 0 Å². The molecular formula is C10H15NO5S3. The second kappa shape index (κ2) is 5.13. The van der Waals surface area contributed by atoms with Gasteiger partial charge in [-0.25, -0.2) is 16.8 Å². The minimum Gasteiger partial charge on any atom is -0.391 e. The van der Waals surface area contributed by atoms with Crippen LogP contribution in [0.15, 0.2) is 16.3 Å². The summed E-state index contributed by atoms with van der Waals surface area (Å²) in [5.74, 6) is -0.292. The van der Waals surface area contributed by atoms with E-state index in [1.165, 1.54) is 10.4 Å². The Kier molecular flexibility index (Phi) is 4.03. The monoisotopic (exact) mass is 325 g/mol. The average molecular weight is 325 g/mol. The molecule has 108 valence electrons. The van der Waals surface area contributed by atoms with Gasteiger partial charge in [-0.2, -0.15) is 4.31 Å². The van der Waals surface area contributed by atoms with Crippen molar-refractivity contribution in [1.29, 1.82) is 0 Å². The third kappa shape index (κ3) is 3.00. The lowest BCUT2D eigenvalue weighted by atomic mass is 10.4. The SMILES string of the molecule is CC1CS(=O)(=O)CCN1S(=O)(=O)c1ccc(CO)s1. The van der Waals surface area contributed by atoms with Crippen molar-refractivity contribution in [3.63, 3.8) is 0 Å². The Balaban J connectivity index is 2.30. The van der Waals surface area contributed by atoms with Gasteiger partial charge in [0.05, 0.1) is 18.1 Å². The van der Waals surface area contributed by atoms with E-state index in [1.54, 1.807) is 13.0 Å². The molecule has 0 amide bonds. The number of sulfonamides is 1. The second-order valence-electron chi connectivity index (χ2n) is 4.46. The molecule has 6 nitrogen and oxygen atoms in total. The normalized spacial score (nSPS) is 24.4. The fourth-order valence-electron chi connectivity index (χ4n) is 2.04. The van der Waals surface area contributed by atoms with E-state index < -0.39 is 25.9 Å². The van der Waals surface area contributed by atoms with Crippen molar-refractivity contribution in [2.24, 2.45) is 0 Å². The molecule has 1 N–H and O–H groups in total. The van der Waals surface area contributed by atoms with E-state index in [1.807, 2.05) is 0 Å². The fraction of sp³-hybridized carbons (Fsp3) is 0.600. The molecule has 0 radical (unpaired) electrons. The predicted molar refractivity (Wildman–Crippen MR) is 72.2 cm³/mol. The van der Waals surface area contributed by atoms with Gasteiger partial charge in [0.2, 0.25) is 0 Å². The van der Waals surface area contributed by atoms with Crippen LogP contribution in [-0.4, -0.2) is 50.3 Å². The van der Waals surface area contributed by atoms with Crippen LogP contribution in [0.1, 0.15) is 11.8 Å². The Hall–Kier alpha value is -0.480. The standard InChI is InChI=1S/C10H15NO5S3/c1-8-7-18(13,14)5-4-11(8)19(15,16)10-3-2-9(6-12)17-10/h2-3,8,12H,4-7H2,1H3. The molecule has 0 spiro atoms. The van der Waals surface area contributed by atoms with Gasteiger partial charge < -0.3 is 5.11 Å². The van der Waals surface area contributed by atoms with E-state index in [9.17, 15) is 16.8 Å². The summed E-state index contributed by atoms with van der Waals surface area (Å²) in [6, 6.07) is 2.44. The lowest BCUT2D eigenvalue weighted by molar-refractivity contribution is 0.285. The highest BCUT2D eigenvalue weighted by Crippen LogP contribution is 2.28. The third-order valence-corrected chi connectivity index (χ3v) is 8.31. The first kappa shape index (κ1) is 14.9. The minimum absolute atomic E-state index is 0.0157. The third-order valence-electron chi connectivity index (χ3n) is 2.97. The highest BCUT2D eigenvalue weighted by molar-refractivity contribution is 7.92. The second-order valence-corrected chi connectivity index (χ2v) is 9.97. The Morgan fingerprint density at radius 3 is 2.68 bits per heavy atom. The highest BCUT2D eigenvalue weighted by atomic mass is 32.2. The van der Waals surface area contributed by atoms with Crippen LogP contribution in [0.3, 0.4) is 0 Å². The van der Waals surface area contributed by atoms with Crippen LogP contribution in [0.4, 0.5) is 0 Å². The van der Waals surface area contributed by atoms with Crippen LogP contribution >= 0.6 is 11.3 Å². The maximum absolute atomic E-state index is 12.4. The van der Waals surface area contributed by atoms with Crippen LogP contribution in [0.5, 0.6) is 0 Å². The lowest BCUT2D eigenvalue weighted by Gasteiger charge is -2.31. The Labute approximate surface area is 116 Å². The van der Waals surface area contributed by atoms with Crippen molar-refractivity contribution in [3.05, 3.63) is 17.0 Å². The number of hydrogen-bond acceptors (Lipinski definition) is 6. The van der Waals surface area contributed by atoms with Gasteiger partial charge in [0.15, 0.2) is 9.84 Å². The molecule has 2 rings (SSSR count). The topological polar surface area (TPSA) is 91.8 Å². The van der Waals surface area contributed by atoms with Gasteiger partial charge in [-0.05, 0) is 19.1 Å². The smallest absolute Gasteiger partial charge is 0.252 e. The molecule has 1 aromatic rings. The highest BCUT2D eigenvalue weighted by Gasteiger charge is 2.37. The maximum atomic E-state index is 12.4. The summed E-state index contributed by atoms with van der Waals surface area (Å²) in [5, 5.41) is 8.97. The van der Waals surface area contributed by atoms with Gasteiger partial charge in [0.1, 0.15) is 4.21 Å². The van der Waals surface area contributed by atoms with Crippen LogP contribution < -0.4 is 0 Å². The molecule has 9 heteroatoms. The van der Waals surface area contributed by atoms with Crippen molar-refractivity contribution in [2.75, 3.05) is 18.1 Å². The summed E-state index contributed by atoms with van der Waals surface area (Å²) in [6.45, 7) is 1.37. The summed E-state index contributed by atoms with van der Waals surface area (Å²) >= 11 is 1.01. The van der Waals surface area contributed by atoms with Gasteiger partial charge in [0.25, 0.3) is 10.0 Å². The molecule has 0 aliphatic carbocycles. The zero-order chi connectivity index (χ0) is 14.3. The van der Waals surface area contributed by atoms with Gasteiger partial charge in [-0.1, -0.05) is 0 Å². The molecule has 1 fully saturated rings. The first-order chi connectivity index (χ1) is 8.76. The summed E-state index contributed by atoms with van der Waals surface area (Å²) in [5.41, 5.74) is 0. The van der Waals surface area contributed by atoms with Crippen LogP contribution in [0.2, 0.25) is 0 Å². The molecule has 1 saturated heterocycles. The van der Waals surface area contributed by atoms with Gasteiger partial charge in [-0.15, -0.1) is 11.3 Å². The molecule has 1 aliphatic heterocycles. The molecular weight excluding hydrogens is 310 g/mol. The summed E-state index contributed by atoms with van der Waals surface area (Å²) in [7, 11) is -6.82. The number of aliphatic hydroxyl groups excluding tert-OH is 1. The number of hydrogen-bond donors (Lipinski definition) is 1. The maximum Gasteiger partial charge on any atom is 0.252 e.